The first kappa shape index (κ1) is 9.02. The lowest BCUT2D eigenvalue weighted by atomic mass is 10.1. The zero-order chi connectivity index (χ0) is 9.97. The second-order valence-electron chi connectivity index (χ2n) is 3.25. The molecule has 14 heavy (non-hydrogen) atoms. The number of nitrogens with zero attached hydrogens (tertiary/aromatic N) is 1. The Hall–Kier alpha value is -1.55. The first-order valence-corrected chi connectivity index (χ1v) is 4.48. The maximum absolute atomic E-state index is 10.9. The van der Waals surface area contributed by atoms with Gasteiger partial charge in [-0.25, -0.2) is 9.80 Å². The molecule has 0 radical (unpaired) electrons. The van der Waals surface area contributed by atoms with Crippen molar-refractivity contribution in [1.29, 1.82) is 0 Å². The monoisotopic (exact) mass is 192 g/mol. The van der Waals surface area contributed by atoms with Crippen LogP contribution < -0.4 is 5.43 Å². The maximum atomic E-state index is 10.9. The van der Waals surface area contributed by atoms with Crippen LogP contribution in [0.5, 0.6) is 0 Å². The number of hydrazine groups is 1. The summed E-state index contributed by atoms with van der Waals surface area (Å²) in [5.74, 6) is 0. The van der Waals surface area contributed by atoms with Gasteiger partial charge in [0.05, 0.1) is 6.04 Å². The summed E-state index contributed by atoms with van der Waals surface area (Å²) in [5, 5.41) is 1.77. The molecule has 1 aromatic rings. The second-order valence-corrected chi connectivity index (χ2v) is 3.25. The van der Waals surface area contributed by atoms with E-state index in [4.69, 9.17) is 4.74 Å². The van der Waals surface area contributed by atoms with Gasteiger partial charge < -0.3 is 4.74 Å². The maximum Gasteiger partial charge on any atom is 0.421 e. The number of hydrogen-bond acceptors (Lipinski definition) is 3. The molecule has 1 N–H and O–H groups in total. The van der Waals surface area contributed by atoms with Gasteiger partial charge >= 0.3 is 6.09 Å². The van der Waals surface area contributed by atoms with Gasteiger partial charge in [-0.05, 0) is 5.56 Å². The van der Waals surface area contributed by atoms with E-state index in [-0.39, 0.29) is 12.1 Å². The van der Waals surface area contributed by atoms with Crippen LogP contribution >= 0.6 is 0 Å². The summed E-state index contributed by atoms with van der Waals surface area (Å²) >= 11 is 0. The molecule has 1 aliphatic heterocycles. The number of rotatable bonds is 1. The van der Waals surface area contributed by atoms with Crippen LogP contribution in [0.15, 0.2) is 30.3 Å². The highest BCUT2D eigenvalue weighted by Crippen LogP contribution is 2.20. The fourth-order valence-electron chi connectivity index (χ4n) is 1.52. The lowest BCUT2D eigenvalue weighted by molar-refractivity contribution is 0.0232. The van der Waals surface area contributed by atoms with Gasteiger partial charge in [-0.2, -0.15) is 0 Å². The summed E-state index contributed by atoms with van der Waals surface area (Å²) in [7, 11) is 1.83. The van der Waals surface area contributed by atoms with Crippen LogP contribution in [0.4, 0.5) is 4.79 Å². The first-order valence-electron chi connectivity index (χ1n) is 4.48. The smallest absolute Gasteiger partial charge is 0.421 e. The van der Waals surface area contributed by atoms with E-state index in [0.717, 1.165) is 5.56 Å². The van der Waals surface area contributed by atoms with Crippen molar-refractivity contribution in [2.24, 2.45) is 0 Å². The highest BCUT2D eigenvalue weighted by atomic mass is 16.6. The molecule has 1 amide bonds. The van der Waals surface area contributed by atoms with E-state index in [1.54, 1.807) is 5.01 Å². The highest BCUT2D eigenvalue weighted by Gasteiger charge is 2.25. The molecule has 1 atom stereocenters. The predicted molar refractivity (Wildman–Crippen MR) is 51.4 cm³/mol. The minimum absolute atomic E-state index is 0.0916. The normalized spacial score (nSPS) is 22.6. The van der Waals surface area contributed by atoms with Crippen molar-refractivity contribution in [1.82, 2.24) is 10.4 Å². The van der Waals surface area contributed by atoms with Gasteiger partial charge in [0.1, 0.15) is 6.61 Å². The highest BCUT2D eigenvalue weighted by molar-refractivity contribution is 5.67. The quantitative estimate of drug-likeness (QED) is 0.729. The second kappa shape index (κ2) is 3.67. The van der Waals surface area contributed by atoms with Gasteiger partial charge in [-0.15, -0.1) is 0 Å². The molecule has 1 fully saturated rings. The van der Waals surface area contributed by atoms with Gasteiger partial charge in [0, 0.05) is 7.05 Å². The molecule has 0 spiro atoms. The van der Waals surface area contributed by atoms with Crippen LogP contribution in [0, 0.1) is 0 Å². The van der Waals surface area contributed by atoms with Crippen molar-refractivity contribution >= 4 is 6.09 Å². The standard InChI is InChI=1S/C10H12N2O2/c1-12-9(7-14-10(13)11-12)8-5-3-2-4-6-8/h2-6,9H,7H2,1H3,(H,11,13). The largest absolute Gasteiger partial charge is 0.447 e. The number of carbonyl (C=O) groups is 1. The minimum atomic E-state index is -0.389. The summed E-state index contributed by atoms with van der Waals surface area (Å²) in [4.78, 5) is 10.9. The molecule has 1 saturated heterocycles. The van der Waals surface area contributed by atoms with Crippen molar-refractivity contribution in [3.05, 3.63) is 35.9 Å². The Balaban J connectivity index is 2.16. The molecule has 74 valence electrons. The van der Waals surface area contributed by atoms with Crippen molar-refractivity contribution < 1.29 is 9.53 Å². The Morgan fingerprint density at radius 1 is 1.43 bits per heavy atom. The molecule has 4 heteroatoms. The molecular formula is C10H12N2O2. The molecule has 1 heterocycles. The van der Waals surface area contributed by atoms with Gasteiger partial charge in [-0.3, -0.25) is 5.43 Å². The Morgan fingerprint density at radius 3 is 2.79 bits per heavy atom. The average Bonchev–Trinajstić information content (AvgIpc) is 2.19. The third-order valence-electron chi connectivity index (χ3n) is 2.29. The summed E-state index contributed by atoms with van der Waals surface area (Å²) in [6, 6.07) is 10.0. The SMILES string of the molecule is CN1NC(=O)OCC1c1ccccc1. The third-order valence-corrected chi connectivity index (χ3v) is 2.29. The van der Waals surface area contributed by atoms with Crippen molar-refractivity contribution in [3.63, 3.8) is 0 Å². The zero-order valence-corrected chi connectivity index (χ0v) is 7.93. The Morgan fingerprint density at radius 2 is 2.14 bits per heavy atom. The van der Waals surface area contributed by atoms with E-state index < -0.39 is 0 Å². The molecule has 1 aromatic carbocycles. The van der Waals surface area contributed by atoms with E-state index in [1.165, 1.54) is 0 Å². The fraction of sp³-hybridized carbons (Fsp3) is 0.300. The topological polar surface area (TPSA) is 41.6 Å². The van der Waals surface area contributed by atoms with Crippen LogP contribution in [-0.4, -0.2) is 24.8 Å². The van der Waals surface area contributed by atoms with Crippen LogP contribution in [-0.2, 0) is 4.74 Å². The molecule has 0 bridgehead atoms. The predicted octanol–water partition coefficient (Wildman–Crippen LogP) is 1.31. The zero-order valence-electron chi connectivity index (χ0n) is 7.93. The lowest BCUT2D eigenvalue weighted by Gasteiger charge is -2.32. The third kappa shape index (κ3) is 1.70. The molecule has 1 unspecified atom stereocenters. The average molecular weight is 192 g/mol. The molecule has 1 aliphatic rings. The summed E-state index contributed by atoms with van der Waals surface area (Å²) < 4.78 is 4.92. The first-order chi connectivity index (χ1) is 6.77. The Bertz CT molecular complexity index is 326. The number of carbonyl (C=O) groups excluding carboxylic acids is 1. The van der Waals surface area contributed by atoms with Gasteiger partial charge in [0.15, 0.2) is 0 Å². The Labute approximate surface area is 82.4 Å². The number of likely N-dealkylation sites (N-methyl/N-ethyl adjacent to an activating group) is 1. The molecule has 0 aromatic heterocycles. The summed E-state index contributed by atoms with van der Waals surface area (Å²) in [6.45, 7) is 0.395. The minimum Gasteiger partial charge on any atom is -0.447 e. The van der Waals surface area contributed by atoms with E-state index in [1.807, 2.05) is 37.4 Å². The van der Waals surface area contributed by atoms with Crippen molar-refractivity contribution in [2.75, 3.05) is 13.7 Å². The molecule has 4 nitrogen and oxygen atoms in total. The number of benzene rings is 1. The van der Waals surface area contributed by atoms with Crippen LogP contribution in [0.1, 0.15) is 11.6 Å². The van der Waals surface area contributed by atoms with Gasteiger partial charge in [0.2, 0.25) is 0 Å². The van der Waals surface area contributed by atoms with Crippen LogP contribution in [0.2, 0.25) is 0 Å². The molecule has 0 aliphatic carbocycles. The van der Waals surface area contributed by atoms with E-state index in [9.17, 15) is 4.79 Å². The number of cyclic esters (lactones) is 1. The number of hydrogen-bond donors (Lipinski definition) is 1. The van der Waals surface area contributed by atoms with Crippen LogP contribution in [0.3, 0.4) is 0 Å². The molecule has 0 saturated carbocycles. The van der Waals surface area contributed by atoms with Gasteiger partial charge in [0.25, 0.3) is 0 Å². The van der Waals surface area contributed by atoms with Crippen molar-refractivity contribution in [3.8, 4) is 0 Å². The van der Waals surface area contributed by atoms with Crippen molar-refractivity contribution in [2.45, 2.75) is 6.04 Å². The van der Waals surface area contributed by atoms with E-state index >= 15 is 0 Å². The van der Waals surface area contributed by atoms with E-state index in [2.05, 4.69) is 5.43 Å². The van der Waals surface area contributed by atoms with E-state index in [0.29, 0.717) is 6.61 Å². The molecule has 2 rings (SSSR count). The molecular weight excluding hydrogens is 180 g/mol. The van der Waals surface area contributed by atoms with Gasteiger partial charge in [-0.1, -0.05) is 30.3 Å². The fourth-order valence-corrected chi connectivity index (χ4v) is 1.52. The number of nitrogens with one attached hydrogen (secondary N) is 1. The summed E-state index contributed by atoms with van der Waals surface area (Å²) in [5.41, 5.74) is 3.73. The number of ether oxygens (including phenoxy) is 1. The number of amides is 1. The Kier molecular flexibility index (Phi) is 2.37. The van der Waals surface area contributed by atoms with Crippen LogP contribution in [0.25, 0.3) is 0 Å². The lowest BCUT2D eigenvalue weighted by Crippen LogP contribution is -2.48. The summed E-state index contributed by atoms with van der Waals surface area (Å²) in [6.07, 6.45) is -0.389.